The SMILES string of the molecule is CC(NCc1cc(Br)c2c(c1)OCO2)c1ccc(-n2cncn2)cc1. The molecule has 1 aliphatic rings. The molecule has 0 saturated heterocycles. The van der Waals surface area contributed by atoms with Crippen molar-refractivity contribution in [2.75, 3.05) is 6.79 Å². The van der Waals surface area contributed by atoms with E-state index in [2.05, 4.69) is 56.5 Å². The lowest BCUT2D eigenvalue weighted by Crippen LogP contribution is -2.18. The normalized spacial score (nSPS) is 13.8. The summed E-state index contributed by atoms with van der Waals surface area (Å²) in [6.45, 7) is 3.16. The lowest BCUT2D eigenvalue weighted by molar-refractivity contribution is 0.173. The van der Waals surface area contributed by atoms with E-state index in [9.17, 15) is 0 Å². The molecule has 1 N–H and O–H groups in total. The first-order valence-corrected chi connectivity index (χ1v) is 8.76. The molecular weight excluding hydrogens is 384 g/mol. The van der Waals surface area contributed by atoms with Gasteiger partial charge in [-0.25, -0.2) is 9.67 Å². The van der Waals surface area contributed by atoms with Crippen LogP contribution in [-0.4, -0.2) is 21.6 Å². The Morgan fingerprint density at radius 3 is 2.84 bits per heavy atom. The van der Waals surface area contributed by atoms with Crippen molar-refractivity contribution in [3.63, 3.8) is 0 Å². The van der Waals surface area contributed by atoms with Crippen molar-refractivity contribution in [2.24, 2.45) is 0 Å². The lowest BCUT2D eigenvalue weighted by Gasteiger charge is -2.15. The van der Waals surface area contributed by atoms with E-state index in [0.29, 0.717) is 0 Å². The average Bonchev–Trinajstić information content (AvgIpc) is 3.31. The van der Waals surface area contributed by atoms with Crippen LogP contribution in [0, 0.1) is 0 Å². The third-order valence-electron chi connectivity index (χ3n) is 4.18. The number of hydrogen-bond acceptors (Lipinski definition) is 5. The van der Waals surface area contributed by atoms with E-state index in [1.54, 1.807) is 11.0 Å². The van der Waals surface area contributed by atoms with Gasteiger partial charge in [0.25, 0.3) is 0 Å². The second kappa shape index (κ2) is 6.85. The van der Waals surface area contributed by atoms with Crippen LogP contribution in [0.25, 0.3) is 5.69 Å². The fourth-order valence-electron chi connectivity index (χ4n) is 2.77. The third-order valence-corrected chi connectivity index (χ3v) is 4.76. The number of fused-ring (bicyclic) bond motifs is 1. The van der Waals surface area contributed by atoms with Crippen molar-refractivity contribution < 1.29 is 9.47 Å². The zero-order valence-electron chi connectivity index (χ0n) is 13.6. The summed E-state index contributed by atoms with van der Waals surface area (Å²) in [5.74, 6) is 1.57. The molecule has 1 unspecified atom stereocenters. The van der Waals surface area contributed by atoms with Crippen molar-refractivity contribution in [2.45, 2.75) is 19.5 Å². The Morgan fingerprint density at radius 2 is 2.08 bits per heavy atom. The molecule has 0 bridgehead atoms. The van der Waals surface area contributed by atoms with Crippen LogP contribution in [-0.2, 0) is 6.54 Å². The van der Waals surface area contributed by atoms with Gasteiger partial charge in [0.1, 0.15) is 12.7 Å². The number of ether oxygens (including phenoxy) is 2. The zero-order chi connectivity index (χ0) is 17.2. The standard InChI is InChI=1S/C18H17BrN4O2/c1-12(14-2-4-15(5-3-14)23-10-20-9-22-23)21-8-13-6-16(19)18-17(7-13)24-11-25-18/h2-7,9-10,12,21H,8,11H2,1H3. The minimum Gasteiger partial charge on any atom is -0.454 e. The molecule has 2 aromatic carbocycles. The maximum Gasteiger partial charge on any atom is 0.231 e. The molecular formula is C18H17BrN4O2. The molecule has 1 atom stereocenters. The quantitative estimate of drug-likeness (QED) is 0.708. The van der Waals surface area contributed by atoms with Gasteiger partial charge in [-0.1, -0.05) is 12.1 Å². The zero-order valence-corrected chi connectivity index (χ0v) is 15.2. The molecule has 0 spiro atoms. The van der Waals surface area contributed by atoms with Crippen LogP contribution in [0.2, 0.25) is 0 Å². The van der Waals surface area contributed by atoms with Gasteiger partial charge in [0.2, 0.25) is 6.79 Å². The van der Waals surface area contributed by atoms with E-state index in [0.717, 1.165) is 33.8 Å². The van der Waals surface area contributed by atoms with Gasteiger partial charge in [-0.2, -0.15) is 5.10 Å². The van der Waals surface area contributed by atoms with Gasteiger partial charge < -0.3 is 14.8 Å². The van der Waals surface area contributed by atoms with E-state index in [4.69, 9.17) is 9.47 Å². The van der Waals surface area contributed by atoms with Crippen molar-refractivity contribution in [3.8, 4) is 17.2 Å². The number of halogens is 1. The van der Waals surface area contributed by atoms with Gasteiger partial charge in [0.05, 0.1) is 10.2 Å². The Bertz CT molecular complexity index is 866. The highest BCUT2D eigenvalue weighted by atomic mass is 79.9. The third kappa shape index (κ3) is 3.38. The summed E-state index contributed by atoms with van der Waals surface area (Å²) >= 11 is 3.53. The summed E-state index contributed by atoms with van der Waals surface area (Å²) in [4.78, 5) is 3.97. The van der Waals surface area contributed by atoms with E-state index in [-0.39, 0.29) is 12.8 Å². The number of hydrogen-bond donors (Lipinski definition) is 1. The number of aromatic nitrogens is 3. The van der Waals surface area contributed by atoms with E-state index in [1.165, 1.54) is 11.9 Å². The van der Waals surface area contributed by atoms with E-state index in [1.807, 2.05) is 18.2 Å². The van der Waals surface area contributed by atoms with Gasteiger partial charge in [-0.15, -0.1) is 0 Å². The molecule has 0 aliphatic carbocycles. The second-order valence-electron chi connectivity index (χ2n) is 5.85. The van der Waals surface area contributed by atoms with E-state index < -0.39 is 0 Å². The molecule has 25 heavy (non-hydrogen) atoms. The Hall–Kier alpha value is -2.38. The topological polar surface area (TPSA) is 61.2 Å². The first-order chi connectivity index (χ1) is 12.2. The smallest absolute Gasteiger partial charge is 0.231 e. The van der Waals surface area contributed by atoms with Crippen LogP contribution < -0.4 is 14.8 Å². The van der Waals surface area contributed by atoms with Crippen molar-refractivity contribution >= 4 is 15.9 Å². The van der Waals surface area contributed by atoms with Crippen molar-refractivity contribution in [3.05, 3.63) is 64.7 Å². The van der Waals surface area contributed by atoms with Crippen LogP contribution in [0.5, 0.6) is 11.5 Å². The maximum absolute atomic E-state index is 5.47. The predicted molar refractivity (Wildman–Crippen MR) is 96.9 cm³/mol. The first kappa shape index (κ1) is 16.1. The van der Waals surface area contributed by atoms with Gasteiger partial charge in [0, 0.05) is 12.6 Å². The Balaban J connectivity index is 1.42. The molecule has 6 nitrogen and oxygen atoms in total. The predicted octanol–water partition coefficient (Wildman–Crippen LogP) is 3.61. The molecule has 1 aliphatic heterocycles. The summed E-state index contributed by atoms with van der Waals surface area (Å²) in [7, 11) is 0. The maximum atomic E-state index is 5.47. The first-order valence-electron chi connectivity index (χ1n) is 7.97. The Morgan fingerprint density at radius 1 is 1.24 bits per heavy atom. The fraction of sp³-hybridized carbons (Fsp3) is 0.222. The van der Waals surface area contributed by atoms with E-state index >= 15 is 0 Å². The van der Waals surface area contributed by atoms with Crippen molar-refractivity contribution in [1.82, 2.24) is 20.1 Å². The van der Waals surface area contributed by atoms with Gasteiger partial charge in [-0.3, -0.25) is 0 Å². The van der Waals surface area contributed by atoms with Gasteiger partial charge >= 0.3 is 0 Å². The lowest BCUT2D eigenvalue weighted by atomic mass is 10.1. The highest BCUT2D eigenvalue weighted by molar-refractivity contribution is 9.10. The summed E-state index contributed by atoms with van der Waals surface area (Å²) in [6.07, 6.45) is 3.22. The molecule has 2 heterocycles. The summed E-state index contributed by atoms with van der Waals surface area (Å²) in [5.41, 5.74) is 3.35. The van der Waals surface area contributed by atoms with Crippen LogP contribution in [0.15, 0.2) is 53.5 Å². The minimum absolute atomic E-state index is 0.217. The number of benzene rings is 2. The molecule has 0 saturated carbocycles. The molecule has 3 aromatic rings. The molecule has 4 rings (SSSR count). The molecule has 0 radical (unpaired) electrons. The molecule has 0 amide bonds. The monoisotopic (exact) mass is 400 g/mol. The Labute approximate surface area is 153 Å². The molecule has 7 heteroatoms. The summed E-state index contributed by atoms with van der Waals surface area (Å²) in [5, 5.41) is 7.67. The highest BCUT2D eigenvalue weighted by Gasteiger charge is 2.18. The van der Waals surface area contributed by atoms with Crippen LogP contribution in [0.1, 0.15) is 24.1 Å². The number of rotatable bonds is 5. The van der Waals surface area contributed by atoms with Crippen LogP contribution in [0.4, 0.5) is 0 Å². The average molecular weight is 401 g/mol. The minimum atomic E-state index is 0.217. The number of nitrogens with one attached hydrogen (secondary N) is 1. The second-order valence-corrected chi connectivity index (χ2v) is 6.70. The summed E-state index contributed by atoms with van der Waals surface area (Å²) < 4.78 is 13.5. The molecule has 128 valence electrons. The Kier molecular flexibility index (Phi) is 4.42. The largest absolute Gasteiger partial charge is 0.454 e. The highest BCUT2D eigenvalue weighted by Crippen LogP contribution is 2.40. The van der Waals surface area contributed by atoms with Gasteiger partial charge in [0.15, 0.2) is 11.5 Å². The van der Waals surface area contributed by atoms with Crippen LogP contribution >= 0.6 is 15.9 Å². The number of nitrogens with zero attached hydrogens (tertiary/aromatic N) is 3. The summed E-state index contributed by atoms with van der Waals surface area (Å²) in [6, 6.07) is 12.6. The van der Waals surface area contributed by atoms with Crippen molar-refractivity contribution in [1.29, 1.82) is 0 Å². The van der Waals surface area contributed by atoms with Crippen LogP contribution in [0.3, 0.4) is 0 Å². The fourth-order valence-corrected chi connectivity index (χ4v) is 3.37. The molecule has 1 aromatic heterocycles. The van der Waals surface area contributed by atoms with Gasteiger partial charge in [-0.05, 0) is 58.2 Å². The molecule has 0 fully saturated rings.